The summed E-state index contributed by atoms with van der Waals surface area (Å²) in [5.74, 6) is -2.15. The van der Waals surface area contributed by atoms with Gasteiger partial charge in [-0.2, -0.15) is 5.26 Å². The monoisotopic (exact) mass is 246 g/mol. The molecule has 0 unspecified atom stereocenters. The Labute approximate surface area is 102 Å². The average Bonchev–Trinajstić information content (AvgIpc) is 2.34. The highest BCUT2D eigenvalue weighted by Gasteiger charge is 2.12. The Balaban J connectivity index is 2.37. The summed E-state index contributed by atoms with van der Waals surface area (Å²) in [4.78, 5) is 0. The van der Waals surface area contributed by atoms with Gasteiger partial charge in [-0.05, 0) is 18.2 Å². The van der Waals surface area contributed by atoms with Gasteiger partial charge in [0.2, 0.25) is 0 Å². The molecule has 0 saturated heterocycles. The number of nitrogens with two attached hydrogens (primary N) is 1. The van der Waals surface area contributed by atoms with Crippen molar-refractivity contribution in [1.82, 2.24) is 0 Å². The van der Waals surface area contributed by atoms with Crippen LogP contribution in [-0.2, 0) is 0 Å². The zero-order valence-corrected chi connectivity index (χ0v) is 9.15. The molecule has 0 saturated carbocycles. The number of rotatable bonds is 2. The highest BCUT2D eigenvalue weighted by atomic mass is 19.1. The fourth-order valence-corrected chi connectivity index (χ4v) is 1.42. The minimum absolute atomic E-state index is 0.0249. The molecule has 2 aromatic rings. The van der Waals surface area contributed by atoms with Gasteiger partial charge in [-0.3, -0.25) is 0 Å². The highest BCUT2D eigenvalue weighted by molar-refractivity contribution is 5.46. The van der Waals surface area contributed by atoms with Crippen molar-refractivity contribution in [2.75, 3.05) is 5.73 Å². The van der Waals surface area contributed by atoms with Gasteiger partial charge in [0.05, 0.1) is 11.6 Å². The van der Waals surface area contributed by atoms with Gasteiger partial charge in [-0.1, -0.05) is 6.07 Å². The average molecular weight is 246 g/mol. The summed E-state index contributed by atoms with van der Waals surface area (Å²) in [6, 6.07) is 9.83. The second-order valence-corrected chi connectivity index (χ2v) is 3.56. The zero-order chi connectivity index (χ0) is 13.1. The minimum atomic E-state index is -0.894. The normalized spacial score (nSPS) is 9.83. The number of halogens is 2. The maximum Gasteiger partial charge on any atom is 0.198 e. The highest BCUT2D eigenvalue weighted by Crippen LogP contribution is 2.29. The quantitative estimate of drug-likeness (QED) is 0.827. The van der Waals surface area contributed by atoms with Crippen LogP contribution in [-0.4, -0.2) is 0 Å². The zero-order valence-electron chi connectivity index (χ0n) is 9.15. The van der Waals surface area contributed by atoms with Crippen LogP contribution in [0.4, 0.5) is 14.5 Å². The summed E-state index contributed by atoms with van der Waals surface area (Å²) in [6.45, 7) is 0. The molecule has 0 radical (unpaired) electrons. The molecule has 0 aromatic heterocycles. The Hall–Kier alpha value is -2.61. The van der Waals surface area contributed by atoms with Crippen molar-refractivity contribution in [3.05, 3.63) is 53.6 Å². The number of nitrogens with zero attached hydrogens (tertiary/aromatic N) is 1. The molecule has 0 aliphatic carbocycles. The number of hydrogen-bond acceptors (Lipinski definition) is 3. The number of nitriles is 1. The van der Waals surface area contributed by atoms with Crippen LogP contribution in [0.25, 0.3) is 0 Å². The van der Waals surface area contributed by atoms with Gasteiger partial charge < -0.3 is 10.5 Å². The van der Waals surface area contributed by atoms with E-state index in [9.17, 15) is 8.78 Å². The lowest BCUT2D eigenvalue weighted by atomic mass is 10.2. The fraction of sp³-hybridized carbons (Fsp3) is 0. The summed E-state index contributed by atoms with van der Waals surface area (Å²) in [5.41, 5.74) is 5.60. The van der Waals surface area contributed by atoms with Gasteiger partial charge in [0.1, 0.15) is 5.75 Å². The van der Waals surface area contributed by atoms with Crippen LogP contribution in [0.2, 0.25) is 0 Å². The van der Waals surface area contributed by atoms with Crippen molar-refractivity contribution in [2.45, 2.75) is 0 Å². The van der Waals surface area contributed by atoms with Crippen molar-refractivity contribution in [3.8, 4) is 17.6 Å². The lowest BCUT2D eigenvalue weighted by Gasteiger charge is -2.08. The fourth-order valence-electron chi connectivity index (χ4n) is 1.42. The molecule has 2 N–H and O–H groups in total. The SMILES string of the molecule is N#Cc1cccc(Oc2c(F)cc(N)cc2F)c1. The number of anilines is 1. The molecule has 2 rings (SSSR count). The third kappa shape index (κ3) is 2.38. The molecule has 0 spiro atoms. The molecule has 0 fully saturated rings. The van der Waals surface area contributed by atoms with E-state index in [4.69, 9.17) is 15.7 Å². The summed E-state index contributed by atoms with van der Waals surface area (Å²) >= 11 is 0. The first-order valence-electron chi connectivity index (χ1n) is 5.02. The molecule has 18 heavy (non-hydrogen) atoms. The Morgan fingerprint density at radius 3 is 2.39 bits per heavy atom. The summed E-state index contributed by atoms with van der Waals surface area (Å²) in [7, 11) is 0. The van der Waals surface area contributed by atoms with Crippen molar-refractivity contribution in [1.29, 1.82) is 5.26 Å². The standard InChI is InChI=1S/C13H8F2N2O/c14-11-5-9(17)6-12(15)13(11)18-10-3-1-2-8(4-10)7-16/h1-6H,17H2. The lowest BCUT2D eigenvalue weighted by molar-refractivity contribution is 0.408. The molecule has 0 aliphatic rings. The largest absolute Gasteiger partial charge is 0.451 e. The van der Waals surface area contributed by atoms with Crippen molar-refractivity contribution >= 4 is 5.69 Å². The Morgan fingerprint density at radius 2 is 1.78 bits per heavy atom. The Bertz CT molecular complexity index is 612. The maximum absolute atomic E-state index is 13.5. The predicted molar refractivity (Wildman–Crippen MR) is 62.0 cm³/mol. The van der Waals surface area contributed by atoms with E-state index in [-0.39, 0.29) is 11.4 Å². The van der Waals surface area contributed by atoms with E-state index in [0.29, 0.717) is 5.56 Å². The molecular weight excluding hydrogens is 238 g/mol. The summed E-state index contributed by atoms with van der Waals surface area (Å²) < 4.78 is 32.0. The topological polar surface area (TPSA) is 59.0 Å². The summed E-state index contributed by atoms with van der Waals surface area (Å²) in [6.07, 6.45) is 0. The van der Waals surface area contributed by atoms with Crippen LogP contribution in [0, 0.1) is 23.0 Å². The van der Waals surface area contributed by atoms with Crippen molar-refractivity contribution in [2.24, 2.45) is 0 Å². The van der Waals surface area contributed by atoms with Gasteiger partial charge in [0, 0.05) is 17.8 Å². The van der Waals surface area contributed by atoms with Crippen LogP contribution in [0.5, 0.6) is 11.5 Å². The first-order chi connectivity index (χ1) is 8.60. The third-order valence-electron chi connectivity index (χ3n) is 2.20. The van der Waals surface area contributed by atoms with E-state index in [1.807, 2.05) is 6.07 Å². The van der Waals surface area contributed by atoms with Gasteiger partial charge >= 0.3 is 0 Å². The molecular formula is C13H8F2N2O. The third-order valence-corrected chi connectivity index (χ3v) is 2.20. The number of ether oxygens (including phenoxy) is 1. The molecule has 3 nitrogen and oxygen atoms in total. The first kappa shape index (κ1) is 11.9. The molecule has 0 amide bonds. The second kappa shape index (κ2) is 4.72. The molecule has 5 heteroatoms. The number of hydrogen-bond donors (Lipinski definition) is 1. The lowest BCUT2D eigenvalue weighted by Crippen LogP contribution is -1.96. The van der Waals surface area contributed by atoms with Gasteiger partial charge in [-0.15, -0.1) is 0 Å². The Morgan fingerprint density at radius 1 is 1.11 bits per heavy atom. The molecule has 0 heterocycles. The Kier molecular flexibility index (Phi) is 3.11. The van der Waals surface area contributed by atoms with E-state index in [1.54, 1.807) is 12.1 Å². The first-order valence-corrected chi connectivity index (χ1v) is 5.02. The van der Waals surface area contributed by atoms with E-state index in [1.165, 1.54) is 12.1 Å². The second-order valence-electron chi connectivity index (χ2n) is 3.56. The van der Waals surface area contributed by atoms with Crippen molar-refractivity contribution in [3.63, 3.8) is 0 Å². The van der Waals surface area contributed by atoms with E-state index >= 15 is 0 Å². The molecule has 0 atom stereocenters. The van der Waals surface area contributed by atoms with E-state index in [0.717, 1.165) is 12.1 Å². The molecule has 0 bridgehead atoms. The van der Waals surface area contributed by atoms with Crippen LogP contribution >= 0.6 is 0 Å². The number of nitrogen functional groups attached to an aromatic ring is 1. The van der Waals surface area contributed by atoms with Crippen LogP contribution in [0.15, 0.2) is 36.4 Å². The smallest absolute Gasteiger partial charge is 0.198 e. The van der Waals surface area contributed by atoms with Gasteiger partial charge in [0.15, 0.2) is 17.4 Å². The van der Waals surface area contributed by atoms with Crippen LogP contribution in [0.3, 0.4) is 0 Å². The maximum atomic E-state index is 13.5. The molecule has 0 aliphatic heterocycles. The predicted octanol–water partition coefficient (Wildman–Crippen LogP) is 3.21. The van der Waals surface area contributed by atoms with Gasteiger partial charge in [0.25, 0.3) is 0 Å². The number of benzene rings is 2. The summed E-state index contributed by atoms with van der Waals surface area (Å²) in [5, 5.41) is 8.70. The minimum Gasteiger partial charge on any atom is -0.451 e. The van der Waals surface area contributed by atoms with Crippen LogP contribution in [0.1, 0.15) is 5.56 Å². The van der Waals surface area contributed by atoms with Crippen molar-refractivity contribution < 1.29 is 13.5 Å². The van der Waals surface area contributed by atoms with E-state index in [2.05, 4.69) is 0 Å². The van der Waals surface area contributed by atoms with Gasteiger partial charge in [-0.25, -0.2) is 8.78 Å². The van der Waals surface area contributed by atoms with E-state index < -0.39 is 17.4 Å². The molecule has 90 valence electrons. The molecule has 2 aromatic carbocycles. The van der Waals surface area contributed by atoms with Crippen LogP contribution < -0.4 is 10.5 Å².